The van der Waals surface area contributed by atoms with Gasteiger partial charge in [-0.1, -0.05) is 5.16 Å². The summed E-state index contributed by atoms with van der Waals surface area (Å²) in [5.41, 5.74) is 5.53. The fourth-order valence-electron chi connectivity index (χ4n) is 1.63. The monoisotopic (exact) mass is 300 g/mol. The summed E-state index contributed by atoms with van der Waals surface area (Å²) in [6.07, 6.45) is 1.46. The summed E-state index contributed by atoms with van der Waals surface area (Å²) in [5.74, 6) is -0.356. The molecule has 9 heteroatoms. The van der Waals surface area contributed by atoms with Crippen molar-refractivity contribution in [3.05, 3.63) is 35.7 Å². The molecular formula is C11H13FN4O3S. The third-order valence-electron chi connectivity index (χ3n) is 2.65. The van der Waals surface area contributed by atoms with E-state index in [-0.39, 0.29) is 29.1 Å². The molecule has 0 amide bonds. The largest absolute Gasteiger partial charge is 0.399 e. The highest BCUT2D eigenvalue weighted by Crippen LogP contribution is 2.21. The van der Waals surface area contributed by atoms with E-state index in [2.05, 4.69) is 14.9 Å². The number of nitrogens with two attached hydrogens (primary N) is 1. The number of rotatable bonds is 5. The van der Waals surface area contributed by atoms with Crippen molar-refractivity contribution in [3.63, 3.8) is 0 Å². The van der Waals surface area contributed by atoms with Crippen LogP contribution in [0.15, 0.2) is 27.9 Å². The van der Waals surface area contributed by atoms with Crippen LogP contribution in [0.25, 0.3) is 0 Å². The molecule has 0 spiro atoms. The predicted octanol–water partition coefficient (Wildman–Crippen LogP) is 0.620. The van der Waals surface area contributed by atoms with E-state index >= 15 is 0 Å². The predicted molar refractivity (Wildman–Crippen MR) is 68.7 cm³/mol. The quantitative estimate of drug-likeness (QED) is 0.783. The topological polar surface area (TPSA) is 111 Å². The Balaban J connectivity index is 2.14. The summed E-state index contributed by atoms with van der Waals surface area (Å²) in [7, 11) is -3.85. The molecule has 0 bridgehead atoms. The molecule has 0 fully saturated rings. The fraction of sp³-hybridized carbons (Fsp3) is 0.273. The number of aromatic nitrogens is 2. The third kappa shape index (κ3) is 3.11. The van der Waals surface area contributed by atoms with Crippen molar-refractivity contribution in [1.29, 1.82) is 0 Å². The molecule has 20 heavy (non-hydrogen) atoms. The second-order valence-corrected chi connectivity index (χ2v) is 5.84. The van der Waals surface area contributed by atoms with Gasteiger partial charge in [-0.05, 0) is 19.1 Å². The maximum atomic E-state index is 13.5. The zero-order valence-electron chi connectivity index (χ0n) is 10.6. The van der Waals surface area contributed by atoms with Gasteiger partial charge in [-0.15, -0.1) is 0 Å². The molecule has 2 aromatic rings. The molecule has 0 unspecified atom stereocenters. The lowest BCUT2D eigenvalue weighted by atomic mass is 10.2. The van der Waals surface area contributed by atoms with Gasteiger partial charge in [-0.3, -0.25) is 0 Å². The van der Waals surface area contributed by atoms with Crippen molar-refractivity contribution in [2.45, 2.75) is 18.2 Å². The number of benzene rings is 1. The number of nitrogen functional groups attached to an aromatic ring is 1. The van der Waals surface area contributed by atoms with E-state index in [1.807, 2.05) is 0 Å². The maximum absolute atomic E-state index is 13.5. The second kappa shape index (κ2) is 5.55. The van der Waals surface area contributed by atoms with Gasteiger partial charge in [0.15, 0.2) is 6.33 Å². The van der Waals surface area contributed by atoms with E-state index < -0.39 is 15.8 Å². The Kier molecular flexibility index (Phi) is 4.00. The van der Waals surface area contributed by atoms with Gasteiger partial charge in [-0.2, -0.15) is 4.98 Å². The minimum atomic E-state index is -3.85. The Labute approximate surface area is 115 Å². The summed E-state index contributed by atoms with van der Waals surface area (Å²) < 4.78 is 44.8. The average molecular weight is 300 g/mol. The van der Waals surface area contributed by atoms with Crippen LogP contribution in [-0.4, -0.2) is 25.1 Å². The summed E-state index contributed by atoms with van der Waals surface area (Å²) in [6.45, 7) is 1.43. The Morgan fingerprint density at radius 3 is 2.85 bits per heavy atom. The SMILES string of the molecule is Cc1c(F)cc(N)cc1S(=O)(=O)NCCc1ncno1. The van der Waals surface area contributed by atoms with Crippen LogP contribution in [0.5, 0.6) is 0 Å². The molecule has 2 rings (SSSR count). The smallest absolute Gasteiger partial charge is 0.241 e. The van der Waals surface area contributed by atoms with Gasteiger partial charge >= 0.3 is 0 Å². The molecule has 0 aliphatic carbocycles. The summed E-state index contributed by atoms with van der Waals surface area (Å²) in [4.78, 5) is 3.58. The average Bonchev–Trinajstić information content (AvgIpc) is 2.86. The molecule has 1 heterocycles. The number of halogens is 1. The van der Waals surface area contributed by atoms with E-state index in [1.165, 1.54) is 19.3 Å². The van der Waals surface area contributed by atoms with Crippen molar-refractivity contribution < 1.29 is 17.3 Å². The van der Waals surface area contributed by atoms with Gasteiger partial charge in [0.1, 0.15) is 5.82 Å². The first-order chi connectivity index (χ1) is 9.40. The van der Waals surface area contributed by atoms with E-state index in [9.17, 15) is 12.8 Å². The maximum Gasteiger partial charge on any atom is 0.241 e. The van der Waals surface area contributed by atoms with Gasteiger partial charge < -0.3 is 10.3 Å². The van der Waals surface area contributed by atoms with Crippen molar-refractivity contribution in [1.82, 2.24) is 14.9 Å². The van der Waals surface area contributed by atoms with Crippen LogP contribution < -0.4 is 10.5 Å². The Morgan fingerprint density at radius 2 is 2.20 bits per heavy atom. The van der Waals surface area contributed by atoms with Crippen LogP contribution in [0, 0.1) is 12.7 Å². The minimum absolute atomic E-state index is 0.0180. The fourth-order valence-corrected chi connectivity index (χ4v) is 2.95. The van der Waals surface area contributed by atoms with Gasteiger partial charge in [0, 0.05) is 24.2 Å². The van der Waals surface area contributed by atoms with Gasteiger partial charge in [0.2, 0.25) is 15.9 Å². The third-order valence-corrected chi connectivity index (χ3v) is 4.23. The summed E-state index contributed by atoms with van der Waals surface area (Å²) in [5, 5.41) is 3.40. The van der Waals surface area contributed by atoms with E-state index in [0.29, 0.717) is 5.89 Å². The Bertz CT molecular complexity index is 701. The van der Waals surface area contributed by atoms with E-state index in [1.54, 1.807) is 0 Å². The standard InChI is InChI=1S/C11H13FN4O3S/c1-7-9(12)4-8(13)5-10(7)20(17,18)16-3-2-11-14-6-15-19-11/h4-6,16H,2-3,13H2,1H3. The molecule has 7 nitrogen and oxygen atoms in total. The molecule has 108 valence electrons. The highest BCUT2D eigenvalue weighted by atomic mass is 32.2. The number of nitrogens with zero attached hydrogens (tertiary/aromatic N) is 2. The van der Waals surface area contributed by atoms with Gasteiger partial charge in [0.25, 0.3) is 0 Å². The Morgan fingerprint density at radius 1 is 1.45 bits per heavy atom. The van der Waals surface area contributed by atoms with Crippen LogP contribution >= 0.6 is 0 Å². The molecule has 1 aromatic carbocycles. The highest BCUT2D eigenvalue weighted by molar-refractivity contribution is 7.89. The molecule has 0 saturated heterocycles. The zero-order valence-corrected chi connectivity index (χ0v) is 11.4. The highest BCUT2D eigenvalue weighted by Gasteiger charge is 2.19. The molecule has 0 aliphatic heterocycles. The van der Waals surface area contributed by atoms with Crippen molar-refractivity contribution >= 4 is 15.7 Å². The molecule has 0 radical (unpaired) electrons. The zero-order chi connectivity index (χ0) is 14.8. The number of hydrogen-bond donors (Lipinski definition) is 2. The minimum Gasteiger partial charge on any atom is -0.399 e. The molecule has 3 N–H and O–H groups in total. The lowest BCUT2D eigenvalue weighted by Gasteiger charge is -2.10. The van der Waals surface area contributed by atoms with Crippen LogP contribution in [0.4, 0.5) is 10.1 Å². The van der Waals surface area contributed by atoms with Gasteiger partial charge in [0.05, 0.1) is 4.90 Å². The lowest BCUT2D eigenvalue weighted by molar-refractivity contribution is 0.377. The number of nitrogens with one attached hydrogen (secondary N) is 1. The molecule has 0 atom stereocenters. The van der Waals surface area contributed by atoms with Crippen LogP contribution in [0.1, 0.15) is 11.5 Å². The first kappa shape index (κ1) is 14.4. The molecule has 1 aromatic heterocycles. The van der Waals surface area contributed by atoms with Crippen LogP contribution in [0.2, 0.25) is 0 Å². The normalized spacial score (nSPS) is 11.7. The van der Waals surface area contributed by atoms with Crippen LogP contribution in [0.3, 0.4) is 0 Å². The first-order valence-electron chi connectivity index (χ1n) is 5.71. The van der Waals surface area contributed by atoms with E-state index in [4.69, 9.17) is 10.3 Å². The molecule has 0 saturated carbocycles. The summed E-state index contributed by atoms with van der Waals surface area (Å²) >= 11 is 0. The number of anilines is 1. The van der Waals surface area contributed by atoms with E-state index in [0.717, 1.165) is 6.07 Å². The Hall–Kier alpha value is -2.00. The number of sulfonamides is 1. The second-order valence-electron chi connectivity index (χ2n) is 4.11. The van der Waals surface area contributed by atoms with Crippen molar-refractivity contribution in [2.75, 3.05) is 12.3 Å². The lowest BCUT2D eigenvalue weighted by Crippen LogP contribution is -2.27. The first-order valence-corrected chi connectivity index (χ1v) is 7.19. The number of hydrogen-bond acceptors (Lipinski definition) is 6. The van der Waals surface area contributed by atoms with Crippen LogP contribution in [-0.2, 0) is 16.4 Å². The molecular weight excluding hydrogens is 287 g/mol. The van der Waals surface area contributed by atoms with Gasteiger partial charge in [-0.25, -0.2) is 17.5 Å². The molecule has 0 aliphatic rings. The van der Waals surface area contributed by atoms with Crippen molar-refractivity contribution in [3.8, 4) is 0 Å². The van der Waals surface area contributed by atoms with Crippen molar-refractivity contribution in [2.24, 2.45) is 0 Å². The summed E-state index contributed by atoms with van der Waals surface area (Å²) in [6, 6.07) is 2.29.